The second-order valence-corrected chi connectivity index (χ2v) is 23.8. The number of aliphatic hydroxyl groups excluding tert-OH is 1. The molecule has 0 bridgehead atoms. The Hall–Kier alpha value is -9.18. The Morgan fingerprint density at radius 2 is 1.48 bits per heavy atom. The molecule has 89 heavy (non-hydrogen) atoms. The van der Waals surface area contributed by atoms with Crippen LogP contribution in [0, 0.1) is 31.1 Å². The first-order valence-electron chi connectivity index (χ1n) is 30.2. The number of urea groups is 1. The van der Waals surface area contributed by atoms with Crippen molar-refractivity contribution in [2.75, 3.05) is 63.0 Å². The molecule has 5 N–H and O–H groups in total. The number of nitrogens with zero attached hydrogens (tertiary/aromatic N) is 4. The molecular weight excluding hydrogens is 1140 g/mol. The SMILES string of the molecule is C=CCOC(=O)C[C@H](C(=O)NC(CCCNC(N)=O)C(=O)Cc1ccc(COC(=O)N2c3cc(OCCCOc4cc5c(cc4OC)C(=O)N4C=C(c6ccc(C)cc6)C[C@H]4CN5C(=O)OCC=C)c(C)cc3C(=O)N3CC4(CC4)C[C@H]3C2O)cc1)C(C)C. The molecule has 1 spiro atoms. The third-order valence-corrected chi connectivity index (χ3v) is 17.0. The zero-order valence-electron chi connectivity index (χ0n) is 51.1. The first kappa shape index (κ1) is 64.3. The number of carbonyl (C=O) groups is 8. The third kappa shape index (κ3) is 15.0. The Balaban J connectivity index is 0.869. The smallest absolute Gasteiger partial charge is 0.416 e. The molecule has 4 aliphatic heterocycles. The molecule has 4 heterocycles. The number of Topliss-reactive ketones (excluding diaryl/α,β-unsaturated/α-hetero) is 1. The van der Waals surface area contributed by atoms with Crippen LogP contribution in [0.4, 0.5) is 25.8 Å². The van der Waals surface area contributed by atoms with Crippen LogP contribution in [-0.2, 0) is 41.6 Å². The van der Waals surface area contributed by atoms with Gasteiger partial charge in [-0.1, -0.05) is 93.3 Å². The van der Waals surface area contributed by atoms with Crippen LogP contribution in [0.2, 0.25) is 0 Å². The fraction of sp³-hybridized carbons (Fsp3) is 0.433. The largest absolute Gasteiger partial charge is 0.493 e. The molecule has 472 valence electrons. The van der Waals surface area contributed by atoms with Crippen LogP contribution in [0.3, 0.4) is 0 Å². The highest BCUT2D eigenvalue weighted by atomic mass is 16.6. The summed E-state index contributed by atoms with van der Waals surface area (Å²) in [5, 5.41) is 17.5. The summed E-state index contributed by atoms with van der Waals surface area (Å²) in [7, 11) is 1.46. The van der Waals surface area contributed by atoms with Crippen molar-refractivity contribution in [2.45, 2.75) is 116 Å². The first-order valence-corrected chi connectivity index (χ1v) is 30.2. The lowest BCUT2D eigenvalue weighted by atomic mass is 9.90. The number of nitrogens with one attached hydrogen (secondary N) is 2. The van der Waals surface area contributed by atoms with E-state index in [4.69, 9.17) is 34.2 Å². The van der Waals surface area contributed by atoms with E-state index in [1.165, 1.54) is 24.2 Å². The molecule has 0 radical (unpaired) electrons. The average Bonchev–Trinajstić information content (AvgIpc) is 1.60. The van der Waals surface area contributed by atoms with Gasteiger partial charge in [-0.3, -0.25) is 28.9 Å². The van der Waals surface area contributed by atoms with Crippen molar-refractivity contribution in [3.05, 3.63) is 143 Å². The van der Waals surface area contributed by atoms with Crippen molar-refractivity contribution in [3.63, 3.8) is 0 Å². The molecule has 4 aromatic rings. The average molecular weight is 1220 g/mol. The number of amides is 7. The Morgan fingerprint density at radius 1 is 0.809 bits per heavy atom. The summed E-state index contributed by atoms with van der Waals surface area (Å²) >= 11 is 0. The van der Waals surface area contributed by atoms with Gasteiger partial charge in [-0.25, -0.2) is 19.3 Å². The number of anilines is 2. The molecule has 5 atom stereocenters. The number of primary amides is 1. The van der Waals surface area contributed by atoms with Crippen LogP contribution < -0.4 is 40.4 Å². The fourth-order valence-corrected chi connectivity index (χ4v) is 11.9. The summed E-state index contributed by atoms with van der Waals surface area (Å²) in [6.45, 7) is 15.3. The second-order valence-electron chi connectivity index (χ2n) is 23.8. The number of hydrogen-bond acceptors (Lipinski definition) is 15. The zero-order valence-corrected chi connectivity index (χ0v) is 51.1. The summed E-state index contributed by atoms with van der Waals surface area (Å²) < 4.78 is 35.0. The molecule has 4 aromatic carbocycles. The minimum absolute atomic E-state index is 0.00353. The van der Waals surface area contributed by atoms with Crippen molar-refractivity contribution >= 4 is 64.6 Å². The molecule has 7 amide bonds. The molecule has 9 rings (SSSR count). The number of aliphatic hydroxyl groups is 1. The number of benzene rings is 4. The molecule has 1 saturated carbocycles. The normalized spacial score (nSPS) is 18.4. The molecule has 2 fully saturated rings. The molecule has 0 aromatic heterocycles. The quantitative estimate of drug-likeness (QED) is 0.0199. The van der Waals surface area contributed by atoms with Gasteiger partial charge < -0.3 is 59.7 Å². The lowest BCUT2D eigenvalue weighted by Crippen LogP contribution is -2.50. The van der Waals surface area contributed by atoms with E-state index in [-0.39, 0.29) is 129 Å². The highest BCUT2D eigenvalue weighted by molar-refractivity contribution is 6.08. The monoisotopic (exact) mass is 1220 g/mol. The molecule has 5 aliphatic rings. The Morgan fingerprint density at radius 3 is 2.16 bits per heavy atom. The number of rotatable bonds is 26. The summed E-state index contributed by atoms with van der Waals surface area (Å²) in [5.74, 6) is -2.17. The molecule has 1 saturated heterocycles. The predicted molar refractivity (Wildman–Crippen MR) is 330 cm³/mol. The van der Waals surface area contributed by atoms with E-state index in [1.807, 2.05) is 37.4 Å². The second kappa shape index (κ2) is 28.3. The number of carbonyl (C=O) groups excluding carboxylic acids is 8. The van der Waals surface area contributed by atoms with Crippen molar-refractivity contribution < 1.29 is 71.9 Å². The minimum atomic E-state index is -1.47. The van der Waals surface area contributed by atoms with E-state index in [2.05, 4.69) is 23.8 Å². The summed E-state index contributed by atoms with van der Waals surface area (Å²) in [5.41, 5.74) is 10.8. The topological polar surface area (TPSA) is 275 Å². The van der Waals surface area contributed by atoms with Gasteiger partial charge >= 0.3 is 24.2 Å². The van der Waals surface area contributed by atoms with Gasteiger partial charge in [-0.15, -0.1) is 0 Å². The van der Waals surface area contributed by atoms with Crippen molar-refractivity contribution in [3.8, 4) is 17.2 Å². The zero-order chi connectivity index (χ0) is 63.7. The van der Waals surface area contributed by atoms with Crippen LogP contribution >= 0.6 is 0 Å². The van der Waals surface area contributed by atoms with Crippen LogP contribution in [0.25, 0.3) is 5.57 Å². The van der Waals surface area contributed by atoms with Crippen molar-refractivity contribution in [1.29, 1.82) is 0 Å². The van der Waals surface area contributed by atoms with E-state index in [9.17, 15) is 43.5 Å². The third-order valence-electron chi connectivity index (χ3n) is 17.0. The van der Waals surface area contributed by atoms with Gasteiger partial charge in [-0.05, 0) is 104 Å². The van der Waals surface area contributed by atoms with Gasteiger partial charge in [0.15, 0.2) is 23.5 Å². The number of esters is 1. The van der Waals surface area contributed by atoms with Gasteiger partial charge in [0, 0.05) is 44.3 Å². The van der Waals surface area contributed by atoms with Gasteiger partial charge in [0.25, 0.3) is 11.8 Å². The number of methoxy groups -OCH3 is 1. The van der Waals surface area contributed by atoms with Gasteiger partial charge in [-0.2, -0.15) is 0 Å². The Bertz CT molecular complexity index is 3400. The van der Waals surface area contributed by atoms with E-state index < -0.39 is 54.3 Å². The standard InChI is InChI=1S/C67H79N7O15/c1-8-24-87-59(76)32-48(40(3)4)60(77)70-51(12-10-23-69-64(68)81)55(75)29-43-15-17-44(18-16-43)38-89-66(83)74-53-34-56(42(6)28-49(53)62(79)73-39-67(21-22-67)35-54(73)63(74)80)85-26-11-27-86-58-33-52-50(31-57(58)84-7)61(78)71-36-46(45-19-13-41(5)14-20-45)30-47(71)37-72(52)65(82)88-25-9-2/h8-9,13-20,28,31,33-34,36,40,47-48,51,54,63,80H,1-2,10-12,21-27,29-30,32,35,37-39H2,3-7H3,(H,70,77)(H3,68,69,81)/t47-,48-,51?,54-,63?/m0/s1. The van der Waals surface area contributed by atoms with E-state index in [0.717, 1.165) is 34.4 Å². The number of fused-ring (bicyclic) bond motifs is 4. The number of hydrogen-bond donors (Lipinski definition) is 4. The molecule has 22 nitrogen and oxygen atoms in total. The fourth-order valence-electron chi connectivity index (χ4n) is 11.9. The Kier molecular flexibility index (Phi) is 20.5. The highest BCUT2D eigenvalue weighted by Crippen LogP contribution is 2.57. The number of ether oxygens (including phenoxy) is 6. The van der Waals surface area contributed by atoms with Crippen molar-refractivity contribution in [2.24, 2.45) is 23.0 Å². The van der Waals surface area contributed by atoms with E-state index >= 15 is 0 Å². The van der Waals surface area contributed by atoms with Gasteiger partial charge in [0.1, 0.15) is 25.6 Å². The first-order chi connectivity index (χ1) is 42.7. The molecule has 1 aliphatic carbocycles. The van der Waals surface area contributed by atoms with Crippen LogP contribution in [0.5, 0.6) is 17.2 Å². The van der Waals surface area contributed by atoms with E-state index in [0.29, 0.717) is 60.4 Å². The maximum atomic E-state index is 14.5. The maximum absolute atomic E-state index is 14.5. The predicted octanol–water partition coefficient (Wildman–Crippen LogP) is 8.46. The molecule has 22 heteroatoms. The molecule has 2 unspecified atom stereocenters. The van der Waals surface area contributed by atoms with Crippen LogP contribution in [0.1, 0.15) is 114 Å². The van der Waals surface area contributed by atoms with E-state index in [1.54, 1.807) is 79.1 Å². The lowest BCUT2D eigenvalue weighted by Gasteiger charge is -2.31. The van der Waals surface area contributed by atoms with Crippen LogP contribution in [0.15, 0.2) is 104 Å². The number of aryl methyl sites for hydroxylation is 2. The minimum Gasteiger partial charge on any atom is -0.493 e. The number of nitrogens with two attached hydrogens (primary N) is 1. The Labute approximate surface area is 517 Å². The summed E-state index contributed by atoms with van der Waals surface area (Å²) in [4.78, 5) is 114. The lowest BCUT2D eigenvalue weighted by molar-refractivity contribution is -0.146. The maximum Gasteiger partial charge on any atom is 0.416 e. The van der Waals surface area contributed by atoms with Crippen LogP contribution in [-0.4, -0.2) is 140 Å². The van der Waals surface area contributed by atoms with Crippen molar-refractivity contribution in [1.82, 2.24) is 20.4 Å². The van der Waals surface area contributed by atoms with Gasteiger partial charge in [0.05, 0.1) is 79.8 Å². The number of ketones is 1. The highest BCUT2D eigenvalue weighted by Gasteiger charge is 2.58. The van der Waals surface area contributed by atoms with Gasteiger partial charge in [0.2, 0.25) is 5.91 Å². The summed E-state index contributed by atoms with van der Waals surface area (Å²) in [6, 6.07) is 18.5. The summed E-state index contributed by atoms with van der Waals surface area (Å²) in [6.07, 6.45) is 5.08. The molecular formula is C67H79N7O15.